The van der Waals surface area contributed by atoms with Crippen LogP contribution >= 0.6 is 11.3 Å². The number of thiophene rings is 1. The Bertz CT molecular complexity index is 1540. The van der Waals surface area contributed by atoms with Gasteiger partial charge in [0.05, 0.1) is 25.7 Å². The van der Waals surface area contributed by atoms with Gasteiger partial charge in [0.1, 0.15) is 17.2 Å². The Hall–Kier alpha value is -4.19. The summed E-state index contributed by atoms with van der Waals surface area (Å²) in [5.41, 5.74) is 0.166. The van der Waals surface area contributed by atoms with Crippen LogP contribution in [0.1, 0.15) is 16.6 Å². The normalized spacial score (nSPS) is 11.0. The van der Waals surface area contributed by atoms with E-state index in [0.29, 0.717) is 5.75 Å². The van der Waals surface area contributed by atoms with E-state index >= 15 is 0 Å². The standard InChI is InChI=1S/C23H23N5O6S/c1-5-34-22(31)19-15(10-16(35-19)13-6-8-14(33-4)9-7-13)25-17(29)11-28-21(30)18-20(24-12-26(18)2)27(3)23(28)32/h6-10,12H,5,11H2,1-4H3,(H,25,29). The number of rotatable bonds is 7. The number of nitrogens with zero attached hydrogens (tertiary/aromatic N) is 4. The predicted molar refractivity (Wildman–Crippen MR) is 131 cm³/mol. The molecule has 182 valence electrons. The summed E-state index contributed by atoms with van der Waals surface area (Å²) in [5.74, 6) is -0.547. The van der Waals surface area contributed by atoms with Crippen LogP contribution in [-0.2, 0) is 30.2 Å². The number of ether oxygens (including phenoxy) is 2. The smallest absolute Gasteiger partial charge is 0.350 e. The van der Waals surface area contributed by atoms with E-state index in [-0.39, 0.29) is 28.3 Å². The van der Waals surface area contributed by atoms with Crippen molar-refractivity contribution in [2.75, 3.05) is 19.0 Å². The Balaban J connectivity index is 1.68. The number of hydrogen-bond donors (Lipinski definition) is 1. The Kier molecular flexibility index (Phi) is 6.56. The summed E-state index contributed by atoms with van der Waals surface area (Å²) in [6, 6.07) is 8.89. The maximum Gasteiger partial charge on any atom is 0.350 e. The van der Waals surface area contributed by atoms with Gasteiger partial charge in [0, 0.05) is 19.0 Å². The van der Waals surface area contributed by atoms with E-state index in [1.807, 2.05) is 12.1 Å². The van der Waals surface area contributed by atoms with Gasteiger partial charge in [-0.1, -0.05) is 0 Å². The van der Waals surface area contributed by atoms with Crippen molar-refractivity contribution in [1.29, 1.82) is 0 Å². The molecule has 0 aliphatic heterocycles. The van der Waals surface area contributed by atoms with Crippen molar-refractivity contribution in [3.05, 3.63) is 62.4 Å². The Morgan fingerprint density at radius 1 is 1.14 bits per heavy atom. The van der Waals surface area contributed by atoms with Gasteiger partial charge in [-0.15, -0.1) is 11.3 Å². The Morgan fingerprint density at radius 3 is 2.51 bits per heavy atom. The highest BCUT2D eigenvalue weighted by Gasteiger charge is 2.22. The highest BCUT2D eigenvalue weighted by atomic mass is 32.1. The first-order valence-corrected chi connectivity index (χ1v) is 11.4. The summed E-state index contributed by atoms with van der Waals surface area (Å²) < 4.78 is 13.9. The van der Waals surface area contributed by atoms with Gasteiger partial charge in [-0.05, 0) is 42.8 Å². The number of methoxy groups -OCH3 is 1. The molecule has 0 aliphatic carbocycles. The maximum absolute atomic E-state index is 12.9. The number of hydrogen-bond acceptors (Lipinski definition) is 8. The molecule has 4 aromatic rings. The predicted octanol–water partition coefficient (Wildman–Crippen LogP) is 1.99. The fraction of sp³-hybridized carbons (Fsp3) is 0.261. The first kappa shape index (κ1) is 24.0. The zero-order valence-corrected chi connectivity index (χ0v) is 20.3. The van der Waals surface area contributed by atoms with E-state index in [2.05, 4.69) is 10.3 Å². The molecule has 0 spiro atoms. The number of carbonyl (C=O) groups excluding carboxylic acids is 2. The second-order valence-electron chi connectivity index (χ2n) is 7.61. The molecule has 0 fully saturated rings. The topological polar surface area (TPSA) is 126 Å². The molecule has 12 heteroatoms. The minimum atomic E-state index is -0.675. The maximum atomic E-state index is 12.9. The van der Waals surface area contributed by atoms with Crippen molar-refractivity contribution < 1.29 is 19.1 Å². The molecule has 0 atom stereocenters. The van der Waals surface area contributed by atoms with Crippen molar-refractivity contribution >= 4 is 40.1 Å². The summed E-state index contributed by atoms with van der Waals surface area (Å²) in [7, 11) is 4.67. The minimum absolute atomic E-state index is 0.165. The molecule has 1 amide bonds. The molecule has 0 bridgehead atoms. The molecule has 3 aromatic heterocycles. The zero-order valence-electron chi connectivity index (χ0n) is 19.5. The summed E-state index contributed by atoms with van der Waals surface area (Å²) in [6.07, 6.45) is 1.42. The second kappa shape index (κ2) is 9.58. The van der Waals surface area contributed by atoms with Gasteiger partial charge in [0.2, 0.25) is 5.91 Å². The van der Waals surface area contributed by atoms with Crippen LogP contribution in [0.5, 0.6) is 5.75 Å². The fourth-order valence-corrected chi connectivity index (χ4v) is 4.61. The van der Waals surface area contributed by atoms with Crippen LogP contribution in [0.2, 0.25) is 0 Å². The van der Waals surface area contributed by atoms with Gasteiger partial charge in [-0.3, -0.25) is 14.2 Å². The lowest BCUT2D eigenvalue weighted by Crippen LogP contribution is -2.42. The van der Waals surface area contributed by atoms with Gasteiger partial charge < -0.3 is 19.4 Å². The largest absolute Gasteiger partial charge is 0.497 e. The summed E-state index contributed by atoms with van der Waals surface area (Å²) in [5, 5.41) is 2.66. The molecule has 1 aromatic carbocycles. The fourth-order valence-electron chi connectivity index (χ4n) is 3.60. The number of esters is 1. The molecule has 4 rings (SSSR count). The molecule has 0 aliphatic rings. The molecule has 35 heavy (non-hydrogen) atoms. The first-order valence-electron chi connectivity index (χ1n) is 10.6. The molecule has 0 saturated carbocycles. The number of anilines is 1. The van der Waals surface area contributed by atoms with Crippen LogP contribution in [0.25, 0.3) is 21.6 Å². The van der Waals surface area contributed by atoms with Gasteiger partial charge in [-0.2, -0.15) is 0 Å². The number of aryl methyl sites for hydroxylation is 2. The van der Waals surface area contributed by atoms with Gasteiger partial charge in [0.15, 0.2) is 11.2 Å². The number of carbonyl (C=O) groups is 2. The van der Waals surface area contributed by atoms with E-state index in [9.17, 15) is 19.2 Å². The molecular formula is C23H23N5O6S. The first-order chi connectivity index (χ1) is 16.7. The molecule has 1 N–H and O–H groups in total. The molecule has 0 saturated heterocycles. The number of amides is 1. The number of nitrogens with one attached hydrogen (secondary N) is 1. The van der Waals surface area contributed by atoms with Crippen molar-refractivity contribution in [3.8, 4) is 16.2 Å². The van der Waals surface area contributed by atoms with Crippen molar-refractivity contribution in [3.63, 3.8) is 0 Å². The number of fused-ring (bicyclic) bond motifs is 1. The third-order valence-corrected chi connectivity index (χ3v) is 6.51. The monoisotopic (exact) mass is 497 g/mol. The van der Waals surface area contributed by atoms with E-state index in [4.69, 9.17) is 9.47 Å². The van der Waals surface area contributed by atoms with E-state index in [1.54, 1.807) is 39.3 Å². The highest BCUT2D eigenvalue weighted by molar-refractivity contribution is 7.18. The van der Waals surface area contributed by atoms with Crippen LogP contribution in [0.3, 0.4) is 0 Å². The molecule has 0 radical (unpaired) electrons. The highest BCUT2D eigenvalue weighted by Crippen LogP contribution is 2.36. The molecule has 0 unspecified atom stereocenters. The van der Waals surface area contributed by atoms with E-state index < -0.39 is 29.7 Å². The number of benzene rings is 1. The van der Waals surface area contributed by atoms with Crippen molar-refractivity contribution in [2.24, 2.45) is 14.1 Å². The van der Waals surface area contributed by atoms with Crippen LogP contribution in [0.15, 0.2) is 46.2 Å². The average Bonchev–Trinajstić information content (AvgIpc) is 3.44. The van der Waals surface area contributed by atoms with Crippen LogP contribution in [0.4, 0.5) is 5.69 Å². The molecule has 11 nitrogen and oxygen atoms in total. The third kappa shape index (κ3) is 4.47. The lowest BCUT2D eigenvalue weighted by atomic mass is 10.2. The average molecular weight is 498 g/mol. The lowest BCUT2D eigenvalue weighted by molar-refractivity contribution is -0.116. The van der Waals surface area contributed by atoms with Crippen molar-refractivity contribution in [1.82, 2.24) is 18.7 Å². The van der Waals surface area contributed by atoms with Crippen LogP contribution in [-0.4, -0.2) is 44.3 Å². The zero-order chi connectivity index (χ0) is 25.3. The van der Waals surface area contributed by atoms with Crippen LogP contribution < -0.4 is 21.3 Å². The SMILES string of the molecule is CCOC(=O)c1sc(-c2ccc(OC)cc2)cc1NC(=O)Cn1c(=O)c2c(ncn2C)n(C)c1=O. The Morgan fingerprint density at radius 2 is 1.86 bits per heavy atom. The van der Waals surface area contributed by atoms with E-state index in [1.165, 1.54) is 22.5 Å². The third-order valence-electron chi connectivity index (χ3n) is 5.34. The molecular weight excluding hydrogens is 474 g/mol. The minimum Gasteiger partial charge on any atom is -0.497 e. The quantitative estimate of drug-likeness (QED) is 0.387. The van der Waals surface area contributed by atoms with Crippen molar-refractivity contribution in [2.45, 2.75) is 13.5 Å². The summed E-state index contributed by atoms with van der Waals surface area (Å²) >= 11 is 1.16. The lowest BCUT2D eigenvalue weighted by Gasteiger charge is -2.09. The Labute approximate surface area is 203 Å². The van der Waals surface area contributed by atoms with Gasteiger partial charge in [0.25, 0.3) is 5.56 Å². The van der Waals surface area contributed by atoms with Gasteiger partial charge in [-0.25, -0.2) is 19.1 Å². The van der Waals surface area contributed by atoms with Crippen LogP contribution in [0, 0.1) is 0 Å². The summed E-state index contributed by atoms with van der Waals surface area (Å²) in [4.78, 5) is 56.1. The van der Waals surface area contributed by atoms with Gasteiger partial charge >= 0.3 is 11.7 Å². The van der Waals surface area contributed by atoms with E-state index in [0.717, 1.165) is 26.3 Å². The second-order valence-corrected chi connectivity index (χ2v) is 8.66. The summed E-state index contributed by atoms with van der Waals surface area (Å²) in [6.45, 7) is 1.31. The number of aromatic nitrogens is 4. The number of imidazole rings is 1. The molecule has 3 heterocycles.